The van der Waals surface area contributed by atoms with Crippen LogP contribution in [-0.2, 0) is 6.42 Å². The lowest BCUT2D eigenvalue weighted by molar-refractivity contribution is 0.160. The number of rotatable bonds is 8. The molecule has 0 N–H and O–H groups in total. The van der Waals surface area contributed by atoms with E-state index >= 15 is 0 Å². The third kappa shape index (κ3) is 6.19. The van der Waals surface area contributed by atoms with E-state index in [0.29, 0.717) is 6.42 Å². The Hall–Kier alpha value is -1.11. The number of allylic oxidation sites excluding steroid dienone is 2. The molecular weight excluding hydrogens is 331 g/mol. The van der Waals surface area contributed by atoms with Crippen LogP contribution < -0.4 is 0 Å². The van der Waals surface area contributed by atoms with Gasteiger partial charge in [-0.05, 0) is 112 Å². The zero-order valence-corrected chi connectivity index (χ0v) is 17.3. The number of aryl methyl sites for hydroxylation is 1. The lowest BCUT2D eigenvalue weighted by Crippen LogP contribution is -2.25. The molecule has 0 bridgehead atoms. The van der Waals surface area contributed by atoms with Crippen LogP contribution in [0.2, 0.25) is 0 Å². The maximum Gasteiger partial charge on any atom is 0.0897 e. The second-order valence-electron chi connectivity index (χ2n) is 9.03. The van der Waals surface area contributed by atoms with E-state index in [1.54, 1.807) is 5.56 Å². The summed E-state index contributed by atoms with van der Waals surface area (Å²) in [5, 5.41) is 0. The Kier molecular flexibility index (Phi) is 8.42. The van der Waals surface area contributed by atoms with Crippen molar-refractivity contribution in [1.82, 2.24) is 0 Å². The number of unbranched alkanes of at least 4 members (excludes halogenated alkanes) is 1. The molecular formula is C26H39F. The van der Waals surface area contributed by atoms with Crippen molar-refractivity contribution < 1.29 is 4.39 Å². The van der Waals surface area contributed by atoms with Crippen molar-refractivity contribution in [3.63, 3.8) is 0 Å². The Balaban J connectivity index is 1.37. The molecule has 1 heteroatoms. The van der Waals surface area contributed by atoms with Crippen LogP contribution >= 0.6 is 0 Å². The number of hydrogen-bond acceptors (Lipinski definition) is 0. The highest BCUT2D eigenvalue weighted by Crippen LogP contribution is 2.44. The summed E-state index contributed by atoms with van der Waals surface area (Å²) >= 11 is 0. The first-order valence-electron chi connectivity index (χ1n) is 11.6. The summed E-state index contributed by atoms with van der Waals surface area (Å²) in [6.45, 7) is 2.06. The van der Waals surface area contributed by atoms with Crippen LogP contribution in [0.1, 0.15) is 94.6 Å². The van der Waals surface area contributed by atoms with Crippen molar-refractivity contribution in [2.45, 2.75) is 89.9 Å². The van der Waals surface area contributed by atoms with Gasteiger partial charge in [0.25, 0.3) is 0 Å². The van der Waals surface area contributed by atoms with Crippen molar-refractivity contribution >= 4 is 0 Å². The maximum absolute atomic E-state index is 12.1. The van der Waals surface area contributed by atoms with Gasteiger partial charge in [0, 0.05) is 0 Å². The summed E-state index contributed by atoms with van der Waals surface area (Å²) in [5.74, 6) is 3.66. The average molecular weight is 371 g/mol. The van der Waals surface area contributed by atoms with E-state index < -0.39 is 0 Å². The second kappa shape index (κ2) is 11.0. The summed E-state index contributed by atoms with van der Waals surface area (Å²) in [6.07, 6.45) is 19.9. The number of hydrogen-bond donors (Lipinski definition) is 0. The molecule has 0 amide bonds. The zero-order valence-electron chi connectivity index (χ0n) is 17.3. The van der Waals surface area contributed by atoms with Crippen molar-refractivity contribution in [2.75, 3.05) is 6.67 Å². The second-order valence-corrected chi connectivity index (χ2v) is 9.03. The Bertz CT molecular complexity index is 542. The lowest BCUT2D eigenvalue weighted by atomic mass is 9.68. The molecule has 0 atom stereocenters. The predicted molar refractivity (Wildman–Crippen MR) is 115 cm³/mol. The molecule has 2 saturated carbocycles. The van der Waals surface area contributed by atoms with E-state index in [0.717, 1.165) is 36.5 Å². The number of halogens is 1. The summed E-state index contributed by atoms with van der Waals surface area (Å²) < 4.78 is 12.1. The van der Waals surface area contributed by atoms with E-state index in [4.69, 9.17) is 0 Å². The van der Waals surface area contributed by atoms with Gasteiger partial charge < -0.3 is 0 Å². The minimum absolute atomic E-state index is 0.179. The molecule has 27 heavy (non-hydrogen) atoms. The Labute approximate surface area is 166 Å². The third-order valence-corrected chi connectivity index (χ3v) is 7.33. The van der Waals surface area contributed by atoms with Gasteiger partial charge in [-0.25, -0.2) is 0 Å². The number of benzene rings is 1. The summed E-state index contributed by atoms with van der Waals surface area (Å²) in [4.78, 5) is 0. The van der Waals surface area contributed by atoms with Crippen LogP contribution in [0.15, 0.2) is 36.4 Å². The monoisotopic (exact) mass is 370 g/mol. The molecule has 0 radical (unpaired) electrons. The highest BCUT2D eigenvalue weighted by Gasteiger charge is 2.30. The Morgan fingerprint density at radius 1 is 0.852 bits per heavy atom. The van der Waals surface area contributed by atoms with Crippen molar-refractivity contribution in [2.24, 2.45) is 17.8 Å². The van der Waals surface area contributed by atoms with Gasteiger partial charge in [0.05, 0.1) is 6.67 Å². The quantitative estimate of drug-likeness (QED) is 0.321. The maximum atomic E-state index is 12.1. The van der Waals surface area contributed by atoms with Crippen LogP contribution in [0.3, 0.4) is 0 Å². The van der Waals surface area contributed by atoms with Crippen molar-refractivity contribution in [3.8, 4) is 0 Å². The normalized spacial score (nSPS) is 29.3. The first-order chi connectivity index (χ1) is 13.3. The molecule has 0 aromatic heterocycles. The SMILES string of the molecule is CCc1ccc(C2CCC(C3CCC(CC=CCCCF)CC3)CC2)cc1. The minimum atomic E-state index is -0.179. The Morgan fingerprint density at radius 2 is 1.48 bits per heavy atom. The molecule has 0 unspecified atom stereocenters. The fraction of sp³-hybridized carbons (Fsp3) is 0.692. The predicted octanol–water partition coefficient (Wildman–Crippen LogP) is 8.03. The first kappa shape index (κ1) is 20.6. The van der Waals surface area contributed by atoms with E-state index in [-0.39, 0.29) is 6.67 Å². The molecule has 1 aromatic carbocycles. The van der Waals surface area contributed by atoms with Gasteiger partial charge in [0.15, 0.2) is 0 Å². The average Bonchev–Trinajstić information content (AvgIpc) is 2.74. The van der Waals surface area contributed by atoms with E-state index in [9.17, 15) is 4.39 Å². The zero-order chi connectivity index (χ0) is 18.9. The highest BCUT2D eigenvalue weighted by atomic mass is 19.1. The van der Waals surface area contributed by atoms with Gasteiger partial charge in [-0.15, -0.1) is 0 Å². The molecule has 0 spiro atoms. The van der Waals surface area contributed by atoms with Crippen LogP contribution in [0.5, 0.6) is 0 Å². The van der Waals surface area contributed by atoms with Gasteiger partial charge in [-0.3, -0.25) is 4.39 Å². The fourth-order valence-corrected chi connectivity index (χ4v) is 5.45. The van der Waals surface area contributed by atoms with Gasteiger partial charge >= 0.3 is 0 Å². The van der Waals surface area contributed by atoms with Gasteiger partial charge in [0.1, 0.15) is 0 Å². The Morgan fingerprint density at radius 3 is 2.07 bits per heavy atom. The fourth-order valence-electron chi connectivity index (χ4n) is 5.45. The van der Waals surface area contributed by atoms with Crippen LogP contribution in [-0.4, -0.2) is 6.67 Å². The van der Waals surface area contributed by atoms with Crippen LogP contribution in [0.25, 0.3) is 0 Å². The molecule has 0 nitrogen and oxygen atoms in total. The highest BCUT2D eigenvalue weighted by molar-refractivity contribution is 5.25. The third-order valence-electron chi connectivity index (χ3n) is 7.33. The van der Waals surface area contributed by atoms with Crippen LogP contribution in [0, 0.1) is 17.8 Å². The number of alkyl halides is 1. The van der Waals surface area contributed by atoms with Gasteiger partial charge in [-0.1, -0.05) is 43.3 Å². The van der Waals surface area contributed by atoms with Crippen LogP contribution in [0.4, 0.5) is 4.39 Å². The molecule has 150 valence electrons. The molecule has 3 rings (SSSR count). The largest absolute Gasteiger partial charge is 0.251 e. The van der Waals surface area contributed by atoms with Gasteiger partial charge in [0.2, 0.25) is 0 Å². The molecule has 0 saturated heterocycles. The summed E-state index contributed by atoms with van der Waals surface area (Å²) in [6, 6.07) is 9.43. The summed E-state index contributed by atoms with van der Waals surface area (Å²) in [5.41, 5.74) is 3.04. The molecule has 0 heterocycles. The van der Waals surface area contributed by atoms with Crippen molar-refractivity contribution in [3.05, 3.63) is 47.5 Å². The van der Waals surface area contributed by atoms with E-state index in [1.165, 1.54) is 63.4 Å². The molecule has 0 aliphatic heterocycles. The van der Waals surface area contributed by atoms with E-state index in [2.05, 4.69) is 43.3 Å². The molecule has 2 aliphatic rings. The van der Waals surface area contributed by atoms with Crippen molar-refractivity contribution in [1.29, 1.82) is 0 Å². The lowest BCUT2D eigenvalue weighted by Gasteiger charge is -2.38. The smallest absolute Gasteiger partial charge is 0.0897 e. The first-order valence-corrected chi connectivity index (χ1v) is 11.6. The molecule has 2 aliphatic carbocycles. The summed E-state index contributed by atoms with van der Waals surface area (Å²) in [7, 11) is 0. The standard InChI is InChI=1S/C26H39F/c1-2-21-8-12-23(13-9-21)25-16-18-26(19-17-25)24-14-10-22(11-15-24)7-5-3-4-6-20-27/h3,5,8-9,12-13,22,24-26H,2,4,6-7,10-11,14-20H2,1H3. The molecule has 2 fully saturated rings. The van der Waals surface area contributed by atoms with Gasteiger partial charge in [-0.2, -0.15) is 0 Å². The molecule has 1 aromatic rings. The van der Waals surface area contributed by atoms with E-state index in [1.807, 2.05) is 0 Å². The minimum Gasteiger partial charge on any atom is -0.251 e. The topological polar surface area (TPSA) is 0 Å².